The molecule has 1 atom stereocenters. The molecule has 0 aliphatic rings. The van der Waals surface area contributed by atoms with Crippen molar-refractivity contribution in [2.75, 3.05) is 12.0 Å². The Morgan fingerprint density at radius 1 is 1.00 bits per heavy atom. The number of aliphatic carboxylic acids is 1. The minimum absolute atomic E-state index is 0.351. The predicted octanol–water partition coefficient (Wildman–Crippen LogP) is 4.20. The molecular formula is C28H32N4O3S. The number of aliphatic imine (C=N–C) groups is 1. The first-order chi connectivity index (χ1) is 17.4. The summed E-state index contributed by atoms with van der Waals surface area (Å²) in [6.07, 6.45) is 2.71. The van der Waals surface area contributed by atoms with E-state index in [0.29, 0.717) is 36.5 Å². The molecule has 1 amide bonds. The van der Waals surface area contributed by atoms with Crippen molar-refractivity contribution in [2.45, 2.75) is 32.4 Å². The maximum absolute atomic E-state index is 13.2. The van der Waals surface area contributed by atoms with E-state index in [1.165, 1.54) is 0 Å². The van der Waals surface area contributed by atoms with Crippen molar-refractivity contribution in [3.8, 4) is 11.1 Å². The summed E-state index contributed by atoms with van der Waals surface area (Å²) in [4.78, 5) is 29.5. The molecule has 36 heavy (non-hydrogen) atoms. The molecule has 0 saturated carbocycles. The maximum Gasteiger partial charge on any atom is 0.326 e. The predicted molar refractivity (Wildman–Crippen MR) is 147 cm³/mol. The van der Waals surface area contributed by atoms with Gasteiger partial charge in [-0.1, -0.05) is 60.7 Å². The van der Waals surface area contributed by atoms with Gasteiger partial charge in [-0.05, 0) is 65.3 Å². The van der Waals surface area contributed by atoms with Crippen molar-refractivity contribution < 1.29 is 14.7 Å². The number of amidine groups is 1. The van der Waals surface area contributed by atoms with Crippen LogP contribution in [0.15, 0.2) is 77.8 Å². The van der Waals surface area contributed by atoms with Crippen LogP contribution in [-0.2, 0) is 17.8 Å². The van der Waals surface area contributed by atoms with Gasteiger partial charge in [-0.25, -0.2) is 10.6 Å². The third-order valence-electron chi connectivity index (χ3n) is 5.81. The molecule has 0 saturated heterocycles. The highest BCUT2D eigenvalue weighted by Gasteiger charge is 2.23. The van der Waals surface area contributed by atoms with Crippen molar-refractivity contribution >= 4 is 29.5 Å². The molecule has 3 aromatic rings. The van der Waals surface area contributed by atoms with E-state index in [1.807, 2.05) is 79.9 Å². The number of carbonyl (C=O) groups excluding carboxylic acids is 1. The lowest BCUT2D eigenvalue weighted by Gasteiger charge is -2.18. The van der Waals surface area contributed by atoms with Crippen molar-refractivity contribution in [3.05, 3.63) is 95.1 Å². The molecule has 3 aromatic carbocycles. The van der Waals surface area contributed by atoms with Gasteiger partial charge in [-0.2, -0.15) is 11.8 Å². The number of carboxylic acid groups (broad SMARTS) is 1. The molecule has 0 fully saturated rings. The number of hydrogen-bond acceptors (Lipinski definition) is 5. The van der Waals surface area contributed by atoms with Crippen LogP contribution >= 0.6 is 11.8 Å². The molecule has 0 aliphatic carbocycles. The number of nitrogens with zero attached hydrogens (tertiary/aromatic N) is 1. The van der Waals surface area contributed by atoms with E-state index in [9.17, 15) is 14.7 Å². The number of carbonyl (C=O) groups is 2. The van der Waals surface area contributed by atoms with Gasteiger partial charge in [0.25, 0.3) is 5.91 Å². The molecule has 7 nitrogen and oxygen atoms in total. The second-order valence-electron chi connectivity index (χ2n) is 8.41. The van der Waals surface area contributed by atoms with Crippen LogP contribution in [0.4, 0.5) is 0 Å². The van der Waals surface area contributed by atoms with Crippen molar-refractivity contribution in [1.82, 2.24) is 10.7 Å². The average Bonchev–Trinajstić information content (AvgIpc) is 2.89. The topological polar surface area (TPSA) is 117 Å². The Labute approximate surface area is 216 Å². The molecule has 0 bridgehead atoms. The second kappa shape index (κ2) is 13.5. The Balaban J connectivity index is 1.92. The highest BCUT2D eigenvalue weighted by molar-refractivity contribution is 7.98. The summed E-state index contributed by atoms with van der Waals surface area (Å²) in [5, 5.41) is 12.3. The molecular weight excluding hydrogens is 472 g/mol. The summed E-state index contributed by atoms with van der Waals surface area (Å²) in [7, 11) is 0. The number of hydrogen-bond donors (Lipinski definition) is 4. The van der Waals surface area contributed by atoms with Crippen LogP contribution in [0.25, 0.3) is 11.1 Å². The van der Waals surface area contributed by atoms with Crippen LogP contribution in [0.1, 0.15) is 33.5 Å². The normalized spacial score (nSPS) is 12.1. The van der Waals surface area contributed by atoms with Crippen LogP contribution in [-0.4, -0.2) is 40.9 Å². The monoisotopic (exact) mass is 504 g/mol. The molecule has 5 N–H and O–H groups in total. The lowest BCUT2D eigenvalue weighted by atomic mass is 9.92. The number of carboxylic acids is 1. The van der Waals surface area contributed by atoms with Gasteiger partial charge in [0.1, 0.15) is 11.9 Å². The van der Waals surface area contributed by atoms with Crippen molar-refractivity contribution in [3.63, 3.8) is 0 Å². The highest BCUT2D eigenvalue weighted by atomic mass is 32.2. The summed E-state index contributed by atoms with van der Waals surface area (Å²) in [5.74, 6) is 5.56. The fraction of sp³-hybridized carbons (Fsp3) is 0.250. The molecule has 8 heteroatoms. The largest absolute Gasteiger partial charge is 0.480 e. The van der Waals surface area contributed by atoms with Crippen LogP contribution in [0.2, 0.25) is 0 Å². The Morgan fingerprint density at radius 2 is 1.72 bits per heavy atom. The number of rotatable bonds is 11. The second-order valence-corrected chi connectivity index (χ2v) is 9.40. The lowest BCUT2D eigenvalue weighted by molar-refractivity contribution is -0.139. The molecule has 0 aromatic heterocycles. The number of thioether (sulfide) groups is 1. The van der Waals surface area contributed by atoms with Gasteiger partial charge in [0.05, 0.1) is 6.54 Å². The first kappa shape index (κ1) is 27.0. The lowest BCUT2D eigenvalue weighted by Crippen LogP contribution is -2.41. The van der Waals surface area contributed by atoms with E-state index in [4.69, 9.17) is 5.84 Å². The Bertz CT molecular complexity index is 1210. The van der Waals surface area contributed by atoms with Gasteiger partial charge in [-0.3, -0.25) is 9.79 Å². The number of nitrogens with one attached hydrogen (secondary N) is 2. The summed E-state index contributed by atoms with van der Waals surface area (Å²) < 4.78 is 0. The van der Waals surface area contributed by atoms with Gasteiger partial charge in [-0.15, -0.1) is 0 Å². The molecule has 0 radical (unpaired) electrons. The summed E-state index contributed by atoms with van der Waals surface area (Å²) in [6.45, 7) is 2.48. The molecule has 0 aliphatic heterocycles. The number of benzene rings is 3. The van der Waals surface area contributed by atoms with E-state index in [0.717, 1.165) is 27.8 Å². The fourth-order valence-corrected chi connectivity index (χ4v) is 4.31. The van der Waals surface area contributed by atoms with Gasteiger partial charge >= 0.3 is 5.97 Å². The van der Waals surface area contributed by atoms with Gasteiger partial charge in [0.15, 0.2) is 0 Å². The third kappa shape index (κ3) is 7.44. The maximum atomic E-state index is 13.2. The molecule has 3 rings (SSSR count). The molecule has 0 heterocycles. The Morgan fingerprint density at radius 3 is 2.39 bits per heavy atom. The van der Waals surface area contributed by atoms with Gasteiger partial charge in [0, 0.05) is 12.0 Å². The van der Waals surface area contributed by atoms with Crippen LogP contribution in [0, 0.1) is 6.92 Å². The van der Waals surface area contributed by atoms with E-state index in [1.54, 1.807) is 17.8 Å². The summed E-state index contributed by atoms with van der Waals surface area (Å²) >= 11 is 1.54. The molecule has 0 spiro atoms. The average molecular weight is 505 g/mol. The Hall–Kier alpha value is -3.62. The number of amides is 1. The summed E-state index contributed by atoms with van der Waals surface area (Å²) in [6, 6.07) is 22.3. The van der Waals surface area contributed by atoms with E-state index in [2.05, 4.69) is 15.7 Å². The van der Waals surface area contributed by atoms with Crippen molar-refractivity contribution in [2.24, 2.45) is 10.8 Å². The fourth-order valence-electron chi connectivity index (χ4n) is 3.84. The molecule has 1 unspecified atom stereocenters. The summed E-state index contributed by atoms with van der Waals surface area (Å²) in [5.41, 5.74) is 7.76. The quantitative estimate of drug-likeness (QED) is 0.135. The Kier molecular flexibility index (Phi) is 10.1. The third-order valence-corrected chi connectivity index (χ3v) is 6.46. The first-order valence-electron chi connectivity index (χ1n) is 11.7. The van der Waals surface area contributed by atoms with Gasteiger partial charge in [0.2, 0.25) is 0 Å². The van der Waals surface area contributed by atoms with E-state index >= 15 is 0 Å². The highest BCUT2D eigenvalue weighted by Crippen LogP contribution is 2.28. The van der Waals surface area contributed by atoms with Crippen LogP contribution in [0.3, 0.4) is 0 Å². The number of nitrogens with two attached hydrogens (primary N) is 1. The van der Waals surface area contributed by atoms with Crippen LogP contribution < -0.4 is 16.6 Å². The molecule has 188 valence electrons. The zero-order valence-corrected chi connectivity index (χ0v) is 21.3. The number of aryl methyl sites for hydroxylation is 1. The zero-order valence-electron chi connectivity index (χ0n) is 20.5. The number of hydrazine groups is 1. The minimum Gasteiger partial charge on any atom is -0.480 e. The smallest absolute Gasteiger partial charge is 0.326 e. The minimum atomic E-state index is -1.04. The van der Waals surface area contributed by atoms with E-state index in [-0.39, 0.29) is 0 Å². The van der Waals surface area contributed by atoms with E-state index < -0.39 is 17.9 Å². The first-order valence-corrected chi connectivity index (χ1v) is 13.1. The van der Waals surface area contributed by atoms with Crippen LogP contribution in [0.5, 0.6) is 0 Å². The standard InChI is InChI=1S/C28H32N4O3S/c1-19-8-6-7-11-22(19)24-16-21(17-26(32-29)30-18-20-9-4-3-5-10-20)12-13-23(24)27(33)31-25(28(34)35)14-15-36-2/h3-13,16,25H,14-15,17-18,29H2,1-2H3,(H,30,32)(H,31,33)(H,34,35). The van der Waals surface area contributed by atoms with Gasteiger partial charge < -0.3 is 15.8 Å². The SMILES string of the molecule is CSCCC(NC(=O)c1ccc(CC(=NCc2ccccc2)NN)cc1-c1ccccc1C)C(=O)O. The zero-order chi connectivity index (χ0) is 25.9. The van der Waals surface area contributed by atoms with Crippen molar-refractivity contribution in [1.29, 1.82) is 0 Å².